The Morgan fingerprint density at radius 2 is 1.80 bits per heavy atom. The van der Waals surface area contributed by atoms with Crippen LogP contribution in [0, 0.1) is 0 Å². The molecule has 1 rings (SSSR count). The van der Waals surface area contributed by atoms with Crippen molar-refractivity contribution in [3.05, 3.63) is 28.8 Å². The van der Waals surface area contributed by atoms with Crippen molar-refractivity contribution in [2.45, 2.75) is 18.6 Å². The fourth-order valence-corrected chi connectivity index (χ4v) is 2.51. The van der Waals surface area contributed by atoms with E-state index in [0.29, 0.717) is 7.05 Å². The highest BCUT2D eigenvalue weighted by molar-refractivity contribution is 7.93. The third kappa shape index (κ3) is 5.39. The van der Waals surface area contributed by atoms with E-state index in [1.807, 2.05) is 0 Å². The number of sulfonamides is 1. The smallest absolute Gasteiger partial charge is 0.386 e. The van der Waals surface area contributed by atoms with Gasteiger partial charge in [-0.15, -0.1) is 0 Å². The van der Waals surface area contributed by atoms with Gasteiger partial charge >= 0.3 is 21.7 Å². The molecule has 0 saturated carbocycles. The fourth-order valence-electron chi connectivity index (χ4n) is 1.61. The van der Waals surface area contributed by atoms with Crippen molar-refractivity contribution in [1.82, 2.24) is 0 Å². The van der Waals surface area contributed by atoms with Crippen molar-refractivity contribution in [3.63, 3.8) is 0 Å². The number of hydrogen-bond donors (Lipinski definition) is 0. The molecule has 0 N–H and O–H groups in total. The summed E-state index contributed by atoms with van der Waals surface area (Å²) in [5, 5.41) is 3.15. The van der Waals surface area contributed by atoms with E-state index in [2.05, 4.69) is 9.99 Å². The second-order valence-electron chi connectivity index (χ2n) is 4.65. The molecule has 13 heteroatoms. The Labute approximate surface area is 143 Å². The number of anilines is 1. The molecule has 0 aliphatic heterocycles. The van der Waals surface area contributed by atoms with E-state index in [9.17, 15) is 34.8 Å². The predicted octanol–water partition coefficient (Wildman–Crippen LogP) is 3.93. The average molecular weight is 413 g/mol. The predicted molar refractivity (Wildman–Crippen MR) is 79.0 cm³/mol. The quantitative estimate of drug-likeness (QED) is 0.418. The monoisotopic (exact) mass is 412 g/mol. The lowest BCUT2D eigenvalue weighted by Gasteiger charge is -2.23. The first-order chi connectivity index (χ1) is 11.2. The van der Waals surface area contributed by atoms with E-state index in [-0.39, 0.29) is 20.6 Å². The van der Waals surface area contributed by atoms with Crippen LogP contribution < -0.4 is 4.31 Å². The van der Waals surface area contributed by atoms with Crippen LogP contribution in [-0.2, 0) is 14.9 Å². The van der Waals surface area contributed by atoms with Crippen LogP contribution in [0.3, 0.4) is 0 Å². The van der Waals surface area contributed by atoms with E-state index in [1.54, 1.807) is 0 Å². The van der Waals surface area contributed by atoms with Crippen LogP contribution in [0.25, 0.3) is 0 Å². The van der Waals surface area contributed by atoms with Gasteiger partial charge in [0.15, 0.2) is 0 Å². The molecule has 1 aromatic carbocycles. The van der Waals surface area contributed by atoms with Gasteiger partial charge in [-0.25, -0.2) is 0 Å². The van der Waals surface area contributed by atoms with Crippen molar-refractivity contribution < 1.29 is 39.6 Å². The molecule has 0 amide bonds. The zero-order valence-corrected chi connectivity index (χ0v) is 14.2. The molecular formula is C12H11ClF6N2O3S. The van der Waals surface area contributed by atoms with E-state index >= 15 is 0 Å². The molecular weight excluding hydrogens is 402 g/mol. The first kappa shape index (κ1) is 21.4. The normalized spacial score (nSPS) is 13.7. The second-order valence-corrected chi connectivity index (χ2v) is 7.04. The van der Waals surface area contributed by atoms with Crippen LogP contribution in [0.1, 0.15) is 12.5 Å². The van der Waals surface area contributed by atoms with Crippen LogP contribution in [0.4, 0.5) is 32.0 Å². The number of oxime groups is 1. The lowest BCUT2D eigenvalue weighted by atomic mass is 10.1. The molecule has 0 heterocycles. The zero-order chi connectivity index (χ0) is 19.6. The molecule has 142 valence electrons. The highest BCUT2D eigenvalue weighted by Crippen LogP contribution is 2.33. The molecule has 0 saturated heterocycles. The molecule has 0 aliphatic rings. The number of hydrogen-bond acceptors (Lipinski definition) is 4. The first-order valence-corrected chi connectivity index (χ1v) is 8.07. The van der Waals surface area contributed by atoms with Gasteiger partial charge in [-0.1, -0.05) is 16.8 Å². The Hall–Kier alpha value is -1.69. The molecule has 25 heavy (non-hydrogen) atoms. The third-order valence-corrected chi connectivity index (χ3v) is 4.51. The number of rotatable bonds is 5. The van der Waals surface area contributed by atoms with Crippen LogP contribution >= 0.6 is 11.6 Å². The molecule has 5 nitrogen and oxygen atoms in total. The van der Waals surface area contributed by atoms with Gasteiger partial charge in [0.05, 0.1) is 11.4 Å². The SMILES string of the molecule is C/C(=N\OCC(F)(F)F)c1cc(Cl)ccc1N(C)S(=O)(=O)C(F)(F)F. The molecule has 0 unspecified atom stereocenters. The standard InChI is InChI=1S/C12H11ClF6N2O3S/c1-7(20-24-6-11(14,15)16)9-5-8(13)3-4-10(9)21(2)25(22,23)12(17,18)19/h3-5H,6H2,1-2H3/b20-7+. The summed E-state index contributed by atoms with van der Waals surface area (Å²) in [5.74, 6) is 0. The first-order valence-electron chi connectivity index (χ1n) is 6.25. The molecule has 0 spiro atoms. The Morgan fingerprint density at radius 3 is 2.28 bits per heavy atom. The van der Waals surface area contributed by atoms with Crippen molar-refractivity contribution in [2.75, 3.05) is 18.0 Å². The summed E-state index contributed by atoms with van der Waals surface area (Å²) in [6.07, 6.45) is -4.67. The topological polar surface area (TPSA) is 59.0 Å². The number of benzene rings is 1. The average Bonchev–Trinajstić information content (AvgIpc) is 2.43. The van der Waals surface area contributed by atoms with Crippen LogP contribution in [0.15, 0.2) is 23.4 Å². The lowest BCUT2D eigenvalue weighted by molar-refractivity contribution is -0.173. The van der Waals surface area contributed by atoms with Gasteiger partial charge in [-0.2, -0.15) is 34.8 Å². The molecule has 0 radical (unpaired) electrons. The minimum absolute atomic E-state index is 0.00179. The van der Waals surface area contributed by atoms with Gasteiger partial charge in [0.2, 0.25) is 6.61 Å². The summed E-state index contributed by atoms with van der Waals surface area (Å²) in [6.45, 7) is -0.601. The maximum atomic E-state index is 12.7. The highest BCUT2D eigenvalue weighted by Gasteiger charge is 2.49. The molecule has 0 atom stereocenters. The van der Waals surface area contributed by atoms with Crippen LogP contribution in [0.5, 0.6) is 0 Å². The number of halogens is 7. The Kier molecular flexibility index (Phi) is 6.22. The van der Waals surface area contributed by atoms with Gasteiger partial charge in [-0.3, -0.25) is 4.31 Å². The zero-order valence-electron chi connectivity index (χ0n) is 12.6. The van der Waals surface area contributed by atoms with Gasteiger partial charge in [0, 0.05) is 17.6 Å². The highest BCUT2D eigenvalue weighted by atomic mass is 35.5. The summed E-state index contributed by atoms with van der Waals surface area (Å²) in [7, 11) is -5.09. The molecule has 0 fully saturated rings. The maximum Gasteiger partial charge on any atom is 0.516 e. The van der Waals surface area contributed by atoms with Crippen molar-refractivity contribution in [2.24, 2.45) is 5.16 Å². The summed E-state index contributed by atoms with van der Waals surface area (Å²) >= 11 is 5.71. The largest absolute Gasteiger partial charge is 0.516 e. The Morgan fingerprint density at radius 1 is 1.24 bits per heavy atom. The van der Waals surface area contributed by atoms with Gasteiger partial charge in [0.25, 0.3) is 0 Å². The van der Waals surface area contributed by atoms with Crippen molar-refractivity contribution in [3.8, 4) is 0 Å². The Bertz CT molecular complexity index is 761. The lowest BCUT2D eigenvalue weighted by Crippen LogP contribution is -2.38. The van der Waals surface area contributed by atoms with E-state index < -0.39 is 34.0 Å². The third-order valence-electron chi connectivity index (χ3n) is 2.77. The Balaban J connectivity index is 3.30. The summed E-state index contributed by atoms with van der Waals surface area (Å²) in [6, 6.07) is 3.13. The van der Waals surface area contributed by atoms with Crippen LogP contribution in [-0.4, -0.2) is 39.5 Å². The summed E-state index contributed by atoms with van der Waals surface area (Å²) < 4.78 is 97.1. The van der Waals surface area contributed by atoms with E-state index in [4.69, 9.17) is 11.6 Å². The van der Waals surface area contributed by atoms with Crippen molar-refractivity contribution >= 4 is 33.0 Å². The van der Waals surface area contributed by atoms with E-state index in [1.165, 1.54) is 0 Å². The molecule has 0 aliphatic carbocycles. The summed E-state index contributed by atoms with van der Waals surface area (Å²) in [4.78, 5) is 4.07. The number of alkyl halides is 6. The molecule has 0 aromatic heterocycles. The van der Waals surface area contributed by atoms with Gasteiger partial charge < -0.3 is 4.84 Å². The van der Waals surface area contributed by atoms with E-state index in [0.717, 1.165) is 25.1 Å². The van der Waals surface area contributed by atoms with Gasteiger partial charge in [-0.05, 0) is 25.1 Å². The minimum Gasteiger partial charge on any atom is -0.386 e. The minimum atomic E-state index is -5.73. The van der Waals surface area contributed by atoms with Gasteiger partial charge in [0.1, 0.15) is 0 Å². The molecule has 0 bridgehead atoms. The van der Waals surface area contributed by atoms with Crippen LogP contribution in [0.2, 0.25) is 5.02 Å². The fraction of sp³-hybridized carbons (Fsp3) is 0.417. The summed E-state index contributed by atoms with van der Waals surface area (Å²) in [5.41, 5.74) is -6.61. The number of nitrogens with zero attached hydrogens (tertiary/aromatic N) is 2. The van der Waals surface area contributed by atoms with Crippen molar-refractivity contribution in [1.29, 1.82) is 0 Å². The molecule has 1 aromatic rings. The second kappa shape index (κ2) is 7.28. The maximum absolute atomic E-state index is 12.7.